The quantitative estimate of drug-likeness (QED) is 0.169. The fourth-order valence-electron chi connectivity index (χ4n) is 5.75. The molecule has 0 bridgehead atoms. The molecule has 1 N–H and O–H groups in total. The number of likely N-dealkylation sites (tertiary alicyclic amines) is 1. The molecule has 282 valence electrons. The molecule has 51 heavy (non-hydrogen) atoms. The number of aryl methyl sites for hydroxylation is 1. The average Bonchev–Trinajstić information content (AvgIpc) is 3.11. The van der Waals surface area contributed by atoms with Gasteiger partial charge in [0.25, 0.3) is 11.8 Å². The van der Waals surface area contributed by atoms with Crippen LogP contribution in [0.1, 0.15) is 125 Å². The molecule has 1 heterocycles. The van der Waals surface area contributed by atoms with E-state index in [-0.39, 0.29) is 17.5 Å². The molecule has 9 heteroatoms. The summed E-state index contributed by atoms with van der Waals surface area (Å²) in [5.41, 5.74) is 3.38. The summed E-state index contributed by atoms with van der Waals surface area (Å²) in [7, 11) is 0. The lowest BCUT2D eigenvalue weighted by Crippen LogP contribution is -2.47. The summed E-state index contributed by atoms with van der Waals surface area (Å²) in [5.74, 6) is -0.349. The molecule has 6 nitrogen and oxygen atoms in total. The molecule has 4 rings (SSSR count). The van der Waals surface area contributed by atoms with Crippen molar-refractivity contribution in [3.63, 3.8) is 0 Å². The van der Waals surface area contributed by atoms with Crippen molar-refractivity contribution in [3.05, 3.63) is 95.1 Å². The van der Waals surface area contributed by atoms with Crippen LogP contribution in [0.2, 0.25) is 0 Å². The Kier molecular flexibility index (Phi) is 19.4. The van der Waals surface area contributed by atoms with Gasteiger partial charge in [-0.25, -0.2) is 0 Å². The van der Waals surface area contributed by atoms with Gasteiger partial charge in [0.2, 0.25) is 0 Å². The lowest BCUT2D eigenvalue weighted by Gasteiger charge is -2.39. The number of hydrogen-bond acceptors (Lipinski definition) is 4. The lowest BCUT2D eigenvalue weighted by atomic mass is 9.99. The highest BCUT2D eigenvalue weighted by Crippen LogP contribution is 2.25. The van der Waals surface area contributed by atoms with Crippen LogP contribution in [0.3, 0.4) is 0 Å². The summed E-state index contributed by atoms with van der Waals surface area (Å²) in [6, 6.07) is 20.3. The number of nitrogens with zero attached hydrogens (tertiary/aromatic N) is 2. The van der Waals surface area contributed by atoms with Crippen LogP contribution in [0.4, 0.5) is 18.9 Å². The second kappa shape index (κ2) is 22.9. The first kappa shape index (κ1) is 43.3. The minimum absolute atomic E-state index is 0.0130. The van der Waals surface area contributed by atoms with E-state index in [1.807, 2.05) is 43.0 Å². The van der Waals surface area contributed by atoms with Gasteiger partial charge >= 0.3 is 6.36 Å². The summed E-state index contributed by atoms with van der Waals surface area (Å²) in [5, 5.41) is 2.73. The van der Waals surface area contributed by atoms with Crippen LogP contribution >= 0.6 is 0 Å². The van der Waals surface area contributed by atoms with Crippen molar-refractivity contribution < 1.29 is 27.5 Å². The maximum Gasteiger partial charge on any atom is 0.573 e. The number of carbonyl (C=O) groups is 2. The van der Waals surface area contributed by atoms with Crippen molar-refractivity contribution in [2.45, 2.75) is 119 Å². The molecule has 0 spiro atoms. The number of halogens is 3. The Balaban J connectivity index is 0.00000171. The van der Waals surface area contributed by atoms with E-state index in [0.717, 1.165) is 69.4 Å². The third-order valence-corrected chi connectivity index (χ3v) is 8.45. The molecule has 2 amide bonds. The Labute approximate surface area is 304 Å². The molecule has 0 saturated carbocycles. The van der Waals surface area contributed by atoms with Gasteiger partial charge in [-0.2, -0.15) is 0 Å². The van der Waals surface area contributed by atoms with Gasteiger partial charge in [0.1, 0.15) is 5.75 Å². The predicted octanol–water partition coefficient (Wildman–Crippen LogP) is 11.2. The van der Waals surface area contributed by atoms with Gasteiger partial charge in [0.15, 0.2) is 0 Å². The monoisotopic (exact) mass is 711 g/mol. The van der Waals surface area contributed by atoms with Crippen molar-refractivity contribution in [3.8, 4) is 5.75 Å². The minimum Gasteiger partial charge on any atom is -0.406 e. The Morgan fingerprint density at radius 3 is 2.06 bits per heavy atom. The van der Waals surface area contributed by atoms with Crippen LogP contribution in [0.5, 0.6) is 5.75 Å². The highest BCUT2D eigenvalue weighted by molar-refractivity contribution is 6.04. The van der Waals surface area contributed by atoms with Gasteiger partial charge in [0.05, 0.1) is 0 Å². The average molecular weight is 712 g/mol. The molecular formula is C42H60F3N3O3. The summed E-state index contributed by atoms with van der Waals surface area (Å²) >= 11 is 0. The van der Waals surface area contributed by atoms with Crippen molar-refractivity contribution in [2.24, 2.45) is 5.92 Å². The Hall–Kier alpha value is -3.85. The normalized spacial score (nSPS) is 13.4. The standard InChI is InChI=1S/C37H46F3N3O3.C3H8.C2H6/c1-4-5-6-8-28-11-15-30(16-12-28)36(45)43(33-20-23-42(24-21-33)22-19-27(2)3)26-29-13-17-32(18-14-29)41-35(44)31-9-7-10-34(25-31)46-37(38,39)40;1-3-2;1-2/h7,9-18,25,27,33H,4-6,8,19-24,26H2,1-3H3,(H,41,44);3H2,1-2H3;1-2H3. The molecule has 0 aromatic heterocycles. The van der Waals surface area contributed by atoms with E-state index in [4.69, 9.17) is 0 Å². The molecule has 1 aliphatic heterocycles. The topological polar surface area (TPSA) is 61.9 Å². The van der Waals surface area contributed by atoms with Crippen molar-refractivity contribution in [2.75, 3.05) is 25.0 Å². The largest absolute Gasteiger partial charge is 0.573 e. The van der Waals surface area contributed by atoms with Gasteiger partial charge in [-0.3, -0.25) is 9.59 Å². The number of unbranched alkanes of at least 4 members (excludes halogenated alkanes) is 2. The van der Waals surface area contributed by atoms with Crippen LogP contribution in [0, 0.1) is 5.92 Å². The van der Waals surface area contributed by atoms with Gasteiger partial charge in [-0.15, -0.1) is 13.2 Å². The maximum atomic E-state index is 14.0. The van der Waals surface area contributed by atoms with Crippen LogP contribution in [-0.4, -0.2) is 53.7 Å². The zero-order valence-electron chi connectivity index (χ0n) is 31.8. The fourth-order valence-corrected chi connectivity index (χ4v) is 5.75. The molecule has 0 unspecified atom stereocenters. The minimum atomic E-state index is -4.84. The summed E-state index contributed by atoms with van der Waals surface area (Å²) in [4.78, 5) is 31.2. The molecule has 1 aliphatic rings. The Bertz CT molecular complexity index is 1420. The molecule has 0 atom stereocenters. The number of nitrogens with one attached hydrogen (secondary N) is 1. The van der Waals surface area contributed by atoms with E-state index in [1.54, 1.807) is 12.1 Å². The third-order valence-electron chi connectivity index (χ3n) is 8.45. The molecular weight excluding hydrogens is 651 g/mol. The summed E-state index contributed by atoms with van der Waals surface area (Å²) < 4.78 is 41.8. The Morgan fingerprint density at radius 1 is 0.882 bits per heavy atom. The van der Waals surface area contributed by atoms with E-state index in [9.17, 15) is 22.8 Å². The van der Waals surface area contributed by atoms with E-state index < -0.39 is 18.0 Å². The molecule has 1 saturated heterocycles. The number of hydrogen-bond donors (Lipinski definition) is 1. The maximum absolute atomic E-state index is 14.0. The van der Waals surface area contributed by atoms with E-state index in [0.29, 0.717) is 23.7 Å². The SMILES string of the molecule is CC.CCC.CCCCCc1ccc(C(=O)N(Cc2ccc(NC(=O)c3cccc(OC(F)(F)F)c3)cc2)C2CCN(CCC(C)C)CC2)cc1. The molecule has 3 aromatic carbocycles. The van der Waals surface area contributed by atoms with Crippen molar-refractivity contribution in [1.82, 2.24) is 9.80 Å². The van der Waals surface area contributed by atoms with Gasteiger partial charge in [0, 0.05) is 42.5 Å². The fraction of sp³-hybridized carbons (Fsp3) is 0.524. The molecule has 3 aromatic rings. The highest BCUT2D eigenvalue weighted by atomic mass is 19.4. The summed E-state index contributed by atoms with van der Waals surface area (Å²) in [6.07, 6.45) is 3.89. The molecule has 0 radical (unpaired) electrons. The van der Waals surface area contributed by atoms with E-state index in [1.165, 1.54) is 37.0 Å². The number of anilines is 1. The van der Waals surface area contributed by atoms with E-state index >= 15 is 0 Å². The number of rotatable bonds is 14. The zero-order valence-corrected chi connectivity index (χ0v) is 31.8. The van der Waals surface area contributed by atoms with E-state index in [2.05, 4.69) is 61.7 Å². The number of piperidine rings is 1. The first-order chi connectivity index (χ1) is 24.4. The summed E-state index contributed by atoms with van der Waals surface area (Å²) in [6.45, 7) is 18.3. The second-order valence-electron chi connectivity index (χ2n) is 13.3. The van der Waals surface area contributed by atoms with Crippen LogP contribution < -0.4 is 10.1 Å². The highest BCUT2D eigenvalue weighted by Gasteiger charge is 2.31. The zero-order chi connectivity index (χ0) is 37.8. The number of benzene rings is 3. The smallest absolute Gasteiger partial charge is 0.406 e. The van der Waals surface area contributed by atoms with Gasteiger partial charge < -0.3 is 19.9 Å². The van der Waals surface area contributed by atoms with Crippen LogP contribution in [0.25, 0.3) is 0 Å². The van der Waals surface area contributed by atoms with Crippen LogP contribution in [0.15, 0.2) is 72.8 Å². The first-order valence-electron chi connectivity index (χ1n) is 18.8. The Morgan fingerprint density at radius 2 is 1.49 bits per heavy atom. The molecule has 0 aliphatic carbocycles. The van der Waals surface area contributed by atoms with Gasteiger partial charge in [-0.1, -0.05) is 98.1 Å². The van der Waals surface area contributed by atoms with Gasteiger partial charge in [-0.05, 0) is 98.2 Å². The number of amides is 2. The second-order valence-corrected chi connectivity index (χ2v) is 13.3. The number of carbonyl (C=O) groups excluding carboxylic acids is 2. The van der Waals surface area contributed by atoms with Crippen LogP contribution in [-0.2, 0) is 13.0 Å². The van der Waals surface area contributed by atoms with Crippen molar-refractivity contribution in [1.29, 1.82) is 0 Å². The molecule has 1 fully saturated rings. The predicted molar refractivity (Wildman–Crippen MR) is 203 cm³/mol. The number of alkyl halides is 3. The first-order valence-corrected chi connectivity index (χ1v) is 18.8. The number of ether oxygens (including phenoxy) is 1. The third kappa shape index (κ3) is 15.9. The lowest BCUT2D eigenvalue weighted by molar-refractivity contribution is -0.274. The van der Waals surface area contributed by atoms with Crippen molar-refractivity contribution >= 4 is 17.5 Å².